The van der Waals surface area contributed by atoms with E-state index in [1.165, 1.54) is 12.1 Å². The second-order valence-corrected chi connectivity index (χ2v) is 5.45. The van der Waals surface area contributed by atoms with Crippen molar-refractivity contribution in [2.24, 2.45) is 5.92 Å². The van der Waals surface area contributed by atoms with Gasteiger partial charge in [0, 0.05) is 13.1 Å². The zero-order valence-corrected chi connectivity index (χ0v) is 12.1. The lowest BCUT2D eigenvalue weighted by Crippen LogP contribution is -2.27. The van der Waals surface area contributed by atoms with E-state index < -0.39 is 11.7 Å². The van der Waals surface area contributed by atoms with Gasteiger partial charge in [0.1, 0.15) is 0 Å². The van der Waals surface area contributed by atoms with Gasteiger partial charge >= 0.3 is 6.18 Å². The minimum absolute atomic E-state index is 0.126. The Balaban J connectivity index is 2.21. The number of nitrogens with one attached hydrogen (secondary N) is 1. The molecule has 112 valence electrons. The highest BCUT2D eigenvalue weighted by Gasteiger charge is 2.37. The number of hydrogen-bond acceptors (Lipinski definition) is 2. The van der Waals surface area contributed by atoms with Gasteiger partial charge in [-0.1, -0.05) is 24.6 Å². The third-order valence-corrected chi connectivity index (χ3v) is 3.88. The average molecular weight is 307 g/mol. The lowest BCUT2D eigenvalue weighted by molar-refractivity contribution is -0.137. The molecule has 1 saturated heterocycles. The summed E-state index contributed by atoms with van der Waals surface area (Å²) in [4.78, 5) is 1.76. The van der Waals surface area contributed by atoms with Crippen LogP contribution in [-0.4, -0.2) is 26.2 Å². The van der Waals surface area contributed by atoms with Crippen molar-refractivity contribution in [3.05, 3.63) is 28.8 Å². The first-order valence-corrected chi connectivity index (χ1v) is 7.12. The Kier molecular flexibility index (Phi) is 4.81. The van der Waals surface area contributed by atoms with Crippen LogP contribution in [0.25, 0.3) is 0 Å². The lowest BCUT2D eigenvalue weighted by atomic mass is 10.1. The van der Waals surface area contributed by atoms with Crippen LogP contribution in [0.5, 0.6) is 0 Å². The van der Waals surface area contributed by atoms with E-state index in [1.807, 2.05) is 6.92 Å². The topological polar surface area (TPSA) is 15.3 Å². The van der Waals surface area contributed by atoms with Crippen LogP contribution in [-0.2, 0) is 6.18 Å². The van der Waals surface area contributed by atoms with E-state index in [1.54, 1.807) is 4.90 Å². The van der Waals surface area contributed by atoms with Crippen LogP contribution < -0.4 is 10.2 Å². The Morgan fingerprint density at radius 1 is 1.40 bits per heavy atom. The summed E-state index contributed by atoms with van der Waals surface area (Å²) < 4.78 is 39.3. The predicted molar refractivity (Wildman–Crippen MR) is 75.3 cm³/mol. The number of halogens is 4. The average Bonchev–Trinajstić information content (AvgIpc) is 2.83. The van der Waals surface area contributed by atoms with E-state index in [0.29, 0.717) is 19.0 Å². The Morgan fingerprint density at radius 2 is 2.15 bits per heavy atom. The number of benzene rings is 1. The van der Waals surface area contributed by atoms with Crippen LogP contribution in [0, 0.1) is 5.92 Å². The molecule has 1 unspecified atom stereocenters. The molecule has 0 aliphatic carbocycles. The lowest BCUT2D eigenvalue weighted by Gasteiger charge is -2.24. The van der Waals surface area contributed by atoms with Crippen molar-refractivity contribution in [1.82, 2.24) is 5.32 Å². The van der Waals surface area contributed by atoms with Gasteiger partial charge in [0.25, 0.3) is 0 Å². The smallest absolute Gasteiger partial charge is 0.369 e. The second kappa shape index (κ2) is 6.22. The van der Waals surface area contributed by atoms with Crippen molar-refractivity contribution in [1.29, 1.82) is 0 Å². The highest BCUT2D eigenvalue weighted by Crippen LogP contribution is 2.42. The van der Waals surface area contributed by atoms with Gasteiger partial charge in [-0.2, -0.15) is 13.2 Å². The molecule has 6 heteroatoms. The van der Waals surface area contributed by atoms with Gasteiger partial charge in [-0.3, -0.25) is 0 Å². The van der Waals surface area contributed by atoms with Crippen LogP contribution in [0.3, 0.4) is 0 Å². The first-order valence-electron chi connectivity index (χ1n) is 6.74. The maximum Gasteiger partial charge on any atom is 0.418 e. The van der Waals surface area contributed by atoms with E-state index >= 15 is 0 Å². The second-order valence-electron chi connectivity index (χ2n) is 5.04. The molecule has 0 aromatic heterocycles. The largest absolute Gasteiger partial charge is 0.418 e. The molecular formula is C14H18ClF3N2. The number of rotatable bonds is 4. The third kappa shape index (κ3) is 3.38. The number of nitrogens with zero attached hydrogens (tertiary/aromatic N) is 1. The molecule has 1 heterocycles. The standard InChI is InChI=1S/C14H18ClF3N2/c1-2-19-8-10-6-7-20(9-10)13-11(14(16,17)18)4-3-5-12(13)15/h3-5,10,19H,2,6-9H2,1H3. The fraction of sp³-hybridized carbons (Fsp3) is 0.571. The maximum absolute atomic E-state index is 13.1. The van der Waals surface area contributed by atoms with Crippen LogP contribution in [0.1, 0.15) is 18.9 Å². The highest BCUT2D eigenvalue weighted by molar-refractivity contribution is 6.33. The predicted octanol–water partition coefficient (Wildman–Crippen LogP) is 3.79. The molecule has 1 aromatic carbocycles. The van der Waals surface area contributed by atoms with Gasteiger partial charge < -0.3 is 10.2 Å². The zero-order valence-electron chi connectivity index (χ0n) is 11.3. The van der Waals surface area contributed by atoms with E-state index in [2.05, 4.69) is 5.32 Å². The molecule has 1 N–H and O–H groups in total. The van der Waals surface area contributed by atoms with Crippen LogP contribution >= 0.6 is 11.6 Å². The minimum Gasteiger partial charge on any atom is -0.369 e. The number of para-hydroxylation sites is 1. The third-order valence-electron chi connectivity index (χ3n) is 3.58. The molecular weight excluding hydrogens is 289 g/mol. The van der Waals surface area contributed by atoms with Crippen molar-refractivity contribution in [3.63, 3.8) is 0 Å². The molecule has 0 bridgehead atoms. The molecule has 1 fully saturated rings. The Labute approximate surface area is 121 Å². The number of anilines is 1. The summed E-state index contributed by atoms with van der Waals surface area (Å²) in [7, 11) is 0. The summed E-state index contributed by atoms with van der Waals surface area (Å²) in [5.74, 6) is 0.368. The summed E-state index contributed by atoms with van der Waals surface area (Å²) in [5, 5.41) is 3.41. The molecule has 2 rings (SSSR count). The molecule has 0 radical (unpaired) electrons. The monoisotopic (exact) mass is 306 g/mol. The summed E-state index contributed by atoms with van der Waals surface area (Å²) in [6.07, 6.45) is -3.49. The number of alkyl halides is 3. The molecule has 1 aliphatic heterocycles. The zero-order chi connectivity index (χ0) is 14.8. The van der Waals surface area contributed by atoms with Crippen LogP contribution in [0.15, 0.2) is 18.2 Å². The van der Waals surface area contributed by atoms with E-state index in [-0.39, 0.29) is 10.7 Å². The van der Waals surface area contributed by atoms with Gasteiger partial charge in [-0.25, -0.2) is 0 Å². The van der Waals surface area contributed by atoms with Crippen LogP contribution in [0.4, 0.5) is 18.9 Å². The fourth-order valence-corrected chi connectivity index (χ4v) is 2.91. The van der Waals surface area contributed by atoms with Gasteiger partial charge in [0.15, 0.2) is 0 Å². The van der Waals surface area contributed by atoms with Crippen molar-refractivity contribution in [3.8, 4) is 0 Å². The van der Waals surface area contributed by atoms with E-state index in [0.717, 1.165) is 25.6 Å². The summed E-state index contributed by atoms with van der Waals surface area (Å²) in [6.45, 7) is 4.94. The Morgan fingerprint density at radius 3 is 2.80 bits per heavy atom. The van der Waals surface area contributed by atoms with Crippen molar-refractivity contribution in [2.45, 2.75) is 19.5 Å². The highest BCUT2D eigenvalue weighted by atomic mass is 35.5. The Bertz CT molecular complexity index is 462. The van der Waals surface area contributed by atoms with E-state index in [4.69, 9.17) is 11.6 Å². The number of hydrogen-bond donors (Lipinski definition) is 1. The van der Waals surface area contributed by atoms with Crippen molar-refractivity contribution in [2.75, 3.05) is 31.1 Å². The maximum atomic E-state index is 13.1. The SMILES string of the molecule is CCNCC1CCN(c2c(Cl)cccc2C(F)(F)F)C1. The fourth-order valence-electron chi connectivity index (χ4n) is 2.62. The molecule has 0 amide bonds. The molecule has 20 heavy (non-hydrogen) atoms. The normalized spacial score (nSPS) is 19.6. The summed E-state index contributed by atoms with van der Waals surface area (Å²) >= 11 is 6.01. The van der Waals surface area contributed by atoms with Gasteiger partial charge in [0.05, 0.1) is 16.3 Å². The molecule has 1 aliphatic rings. The summed E-state index contributed by atoms with van der Waals surface area (Å²) in [6, 6.07) is 3.96. The quantitative estimate of drug-likeness (QED) is 0.910. The van der Waals surface area contributed by atoms with Gasteiger partial charge in [-0.05, 0) is 37.6 Å². The Hall–Kier alpha value is -0.940. The minimum atomic E-state index is -4.38. The van der Waals surface area contributed by atoms with Crippen molar-refractivity contribution < 1.29 is 13.2 Å². The van der Waals surface area contributed by atoms with Gasteiger partial charge in [0.2, 0.25) is 0 Å². The molecule has 1 atom stereocenters. The summed E-state index contributed by atoms with van der Waals surface area (Å²) in [5.41, 5.74) is -0.519. The first-order chi connectivity index (χ1) is 9.43. The molecule has 0 spiro atoms. The van der Waals surface area contributed by atoms with Gasteiger partial charge in [-0.15, -0.1) is 0 Å². The molecule has 0 saturated carbocycles. The van der Waals surface area contributed by atoms with E-state index in [9.17, 15) is 13.2 Å². The first kappa shape index (κ1) is 15.4. The van der Waals surface area contributed by atoms with Crippen LogP contribution in [0.2, 0.25) is 5.02 Å². The van der Waals surface area contributed by atoms with Crippen molar-refractivity contribution >= 4 is 17.3 Å². The molecule has 2 nitrogen and oxygen atoms in total. The molecule has 1 aromatic rings.